The predicted molar refractivity (Wildman–Crippen MR) is 71.7 cm³/mol. The van der Waals surface area contributed by atoms with Gasteiger partial charge in [0.15, 0.2) is 0 Å². The molecule has 3 nitrogen and oxygen atoms in total. The minimum absolute atomic E-state index is 1.20. The predicted octanol–water partition coefficient (Wildman–Crippen LogP) is 2.67. The Hall–Kier alpha value is -1.25. The Bertz CT molecular complexity index is 365. The fourth-order valence-electron chi connectivity index (χ4n) is 2.98. The van der Waals surface area contributed by atoms with Crippen LogP contribution in [-0.2, 0) is 0 Å². The molecule has 1 aromatic heterocycles. The Morgan fingerprint density at radius 1 is 0.765 bits per heavy atom. The van der Waals surface area contributed by atoms with Crippen molar-refractivity contribution in [3.8, 4) is 0 Å². The van der Waals surface area contributed by atoms with Crippen LogP contribution in [0.2, 0.25) is 0 Å². The van der Waals surface area contributed by atoms with E-state index in [4.69, 9.17) is 0 Å². The van der Waals surface area contributed by atoms with E-state index < -0.39 is 0 Å². The lowest BCUT2D eigenvalue weighted by molar-refractivity contribution is 0.577. The van der Waals surface area contributed by atoms with E-state index in [0.717, 1.165) is 0 Å². The molecule has 0 unspecified atom stereocenters. The van der Waals surface area contributed by atoms with E-state index >= 15 is 0 Å². The second-order valence-corrected chi connectivity index (χ2v) is 5.11. The first-order chi connectivity index (χ1) is 8.45. The van der Waals surface area contributed by atoms with Gasteiger partial charge in [-0.25, -0.2) is 0 Å². The second-order valence-electron chi connectivity index (χ2n) is 5.11. The van der Waals surface area contributed by atoms with E-state index in [1.807, 2.05) is 6.20 Å². The van der Waals surface area contributed by atoms with Crippen LogP contribution in [0, 0.1) is 0 Å². The first-order valence-electron chi connectivity index (χ1n) is 6.89. The number of aromatic nitrogens is 1. The molecule has 17 heavy (non-hydrogen) atoms. The Kier molecular flexibility index (Phi) is 3.16. The third-order valence-electron chi connectivity index (χ3n) is 3.92. The maximum Gasteiger partial charge on any atom is 0.0790 e. The lowest BCUT2D eigenvalue weighted by atomic mass is 10.1. The fourth-order valence-corrected chi connectivity index (χ4v) is 2.98. The van der Waals surface area contributed by atoms with E-state index in [2.05, 4.69) is 27.0 Å². The maximum absolute atomic E-state index is 4.32. The molecule has 0 aromatic carbocycles. The molecule has 2 saturated heterocycles. The summed E-state index contributed by atoms with van der Waals surface area (Å²) in [5.74, 6) is 0. The van der Waals surface area contributed by atoms with Crippen LogP contribution in [0.3, 0.4) is 0 Å². The first kappa shape index (κ1) is 10.9. The number of nitrogens with zero attached hydrogens (tertiary/aromatic N) is 3. The molecule has 92 valence electrons. The van der Waals surface area contributed by atoms with Crippen molar-refractivity contribution in [1.82, 2.24) is 4.98 Å². The molecule has 0 saturated carbocycles. The summed E-state index contributed by atoms with van der Waals surface area (Å²) in [5, 5.41) is 0. The van der Waals surface area contributed by atoms with Crippen molar-refractivity contribution in [2.75, 3.05) is 36.0 Å². The first-order valence-corrected chi connectivity index (χ1v) is 6.89. The summed E-state index contributed by atoms with van der Waals surface area (Å²) in [4.78, 5) is 9.36. The molecule has 0 spiro atoms. The van der Waals surface area contributed by atoms with Gasteiger partial charge in [0.05, 0.1) is 17.6 Å². The minimum Gasteiger partial charge on any atom is -0.370 e. The van der Waals surface area contributed by atoms with Gasteiger partial charge >= 0.3 is 0 Å². The average Bonchev–Trinajstić information content (AvgIpc) is 2.94. The summed E-state index contributed by atoms with van der Waals surface area (Å²) in [6.07, 6.45) is 10.7. The van der Waals surface area contributed by atoms with Gasteiger partial charge in [0.25, 0.3) is 0 Å². The van der Waals surface area contributed by atoms with E-state index in [1.54, 1.807) is 0 Å². The van der Waals surface area contributed by atoms with E-state index in [0.29, 0.717) is 0 Å². The molecule has 0 atom stereocenters. The van der Waals surface area contributed by atoms with Gasteiger partial charge in [-0.05, 0) is 38.2 Å². The van der Waals surface area contributed by atoms with Crippen LogP contribution >= 0.6 is 0 Å². The standard InChI is InChI=1S/C14H21N3/c1-2-8-17(9-3-1)14-12-15-7-6-13(14)16-10-4-5-11-16/h6-7,12H,1-5,8-11H2. The highest BCUT2D eigenvalue weighted by molar-refractivity contribution is 5.70. The van der Waals surface area contributed by atoms with Crippen LogP contribution in [0.4, 0.5) is 11.4 Å². The van der Waals surface area contributed by atoms with Gasteiger partial charge in [-0.15, -0.1) is 0 Å². The lowest BCUT2D eigenvalue weighted by Crippen LogP contribution is -2.31. The van der Waals surface area contributed by atoms with Crippen LogP contribution in [0.25, 0.3) is 0 Å². The molecule has 0 aliphatic carbocycles. The number of hydrogen-bond donors (Lipinski definition) is 0. The van der Waals surface area contributed by atoms with Gasteiger partial charge in [0.2, 0.25) is 0 Å². The van der Waals surface area contributed by atoms with Crippen LogP contribution in [0.1, 0.15) is 32.1 Å². The summed E-state index contributed by atoms with van der Waals surface area (Å²) in [5.41, 5.74) is 2.76. The van der Waals surface area contributed by atoms with E-state index in [-0.39, 0.29) is 0 Å². The van der Waals surface area contributed by atoms with Crippen molar-refractivity contribution < 1.29 is 0 Å². The number of piperidine rings is 1. The smallest absolute Gasteiger partial charge is 0.0790 e. The Labute approximate surface area is 103 Å². The Morgan fingerprint density at radius 3 is 2.06 bits per heavy atom. The Balaban J connectivity index is 1.86. The lowest BCUT2D eigenvalue weighted by Gasteiger charge is -2.32. The van der Waals surface area contributed by atoms with Crippen molar-refractivity contribution in [2.24, 2.45) is 0 Å². The van der Waals surface area contributed by atoms with Crippen molar-refractivity contribution in [3.63, 3.8) is 0 Å². The summed E-state index contributed by atoms with van der Waals surface area (Å²) in [6.45, 7) is 4.83. The minimum atomic E-state index is 1.20. The molecule has 0 bridgehead atoms. The van der Waals surface area contributed by atoms with E-state index in [1.165, 1.54) is 69.7 Å². The normalized spacial score (nSPS) is 20.9. The SMILES string of the molecule is c1cc(N2CCCC2)c(N2CCCCC2)cn1. The van der Waals surface area contributed by atoms with E-state index in [9.17, 15) is 0 Å². The highest BCUT2D eigenvalue weighted by Gasteiger charge is 2.20. The zero-order valence-electron chi connectivity index (χ0n) is 10.4. The highest BCUT2D eigenvalue weighted by Crippen LogP contribution is 2.32. The number of pyridine rings is 1. The van der Waals surface area contributed by atoms with Crippen molar-refractivity contribution >= 4 is 11.4 Å². The molecule has 3 heterocycles. The van der Waals surface area contributed by atoms with Gasteiger partial charge in [-0.1, -0.05) is 0 Å². The molecule has 2 aliphatic rings. The van der Waals surface area contributed by atoms with Gasteiger partial charge in [-0.2, -0.15) is 0 Å². The van der Waals surface area contributed by atoms with Crippen molar-refractivity contribution in [1.29, 1.82) is 0 Å². The topological polar surface area (TPSA) is 19.4 Å². The summed E-state index contributed by atoms with van der Waals surface area (Å²) < 4.78 is 0. The van der Waals surface area contributed by atoms with Gasteiger partial charge in [0.1, 0.15) is 0 Å². The number of rotatable bonds is 2. The third kappa shape index (κ3) is 2.24. The molecule has 3 heteroatoms. The molecule has 2 fully saturated rings. The Morgan fingerprint density at radius 2 is 1.35 bits per heavy atom. The molecule has 3 rings (SSSR count). The van der Waals surface area contributed by atoms with Crippen LogP contribution in [0.5, 0.6) is 0 Å². The highest BCUT2D eigenvalue weighted by atomic mass is 15.2. The second kappa shape index (κ2) is 4.94. The summed E-state index contributed by atoms with van der Waals surface area (Å²) in [7, 11) is 0. The average molecular weight is 231 g/mol. The molecule has 0 amide bonds. The van der Waals surface area contributed by atoms with Crippen LogP contribution in [-0.4, -0.2) is 31.2 Å². The summed E-state index contributed by atoms with van der Waals surface area (Å²) >= 11 is 0. The van der Waals surface area contributed by atoms with Crippen LogP contribution < -0.4 is 9.80 Å². The molecule has 1 aromatic rings. The maximum atomic E-state index is 4.32. The summed E-state index contributed by atoms with van der Waals surface area (Å²) in [6, 6.07) is 2.19. The quantitative estimate of drug-likeness (QED) is 0.780. The number of anilines is 2. The zero-order chi connectivity index (χ0) is 11.5. The third-order valence-corrected chi connectivity index (χ3v) is 3.92. The molecular formula is C14H21N3. The van der Waals surface area contributed by atoms with Gasteiger partial charge in [0, 0.05) is 32.4 Å². The molecule has 0 N–H and O–H groups in total. The fraction of sp³-hybridized carbons (Fsp3) is 0.643. The monoisotopic (exact) mass is 231 g/mol. The molecule has 0 radical (unpaired) electrons. The molecular weight excluding hydrogens is 210 g/mol. The number of hydrogen-bond acceptors (Lipinski definition) is 3. The van der Waals surface area contributed by atoms with Crippen molar-refractivity contribution in [3.05, 3.63) is 18.5 Å². The molecule has 2 aliphatic heterocycles. The van der Waals surface area contributed by atoms with Crippen LogP contribution in [0.15, 0.2) is 18.5 Å². The van der Waals surface area contributed by atoms with Crippen molar-refractivity contribution in [2.45, 2.75) is 32.1 Å². The van der Waals surface area contributed by atoms with Gasteiger partial charge < -0.3 is 9.80 Å². The largest absolute Gasteiger partial charge is 0.370 e. The zero-order valence-corrected chi connectivity index (χ0v) is 10.4. The van der Waals surface area contributed by atoms with Gasteiger partial charge in [-0.3, -0.25) is 4.98 Å².